The molecule has 2 aromatic rings. The van der Waals surface area contributed by atoms with Gasteiger partial charge in [-0.15, -0.1) is 0 Å². The normalized spacial score (nSPS) is 17.8. The second-order valence-corrected chi connectivity index (χ2v) is 6.72. The number of aryl methyl sites for hydroxylation is 1. The zero-order valence-electron chi connectivity index (χ0n) is 12.8. The maximum Gasteiger partial charge on any atom is 0.264 e. The van der Waals surface area contributed by atoms with Gasteiger partial charge in [0, 0.05) is 5.02 Å². The minimum absolute atomic E-state index is 0.131. The number of benzene rings is 2. The van der Waals surface area contributed by atoms with E-state index in [9.17, 15) is 4.79 Å². The Morgan fingerprint density at radius 1 is 1.13 bits per heavy atom. The lowest BCUT2D eigenvalue weighted by Gasteiger charge is -2.04. The first-order valence-corrected chi connectivity index (χ1v) is 8.34. The molecule has 0 saturated carbocycles. The van der Waals surface area contributed by atoms with E-state index in [2.05, 4.69) is 10.3 Å². The summed E-state index contributed by atoms with van der Waals surface area (Å²) >= 11 is 7.22. The van der Waals surface area contributed by atoms with Gasteiger partial charge in [0.15, 0.2) is 5.17 Å². The Morgan fingerprint density at radius 3 is 2.61 bits per heavy atom. The summed E-state index contributed by atoms with van der Waals surface area (Å²) in [6.07, 6.45) is 1.84. The minimum Gasteiger partial charge on any atom is -0.300 e. The van der Waals surface area contributed by atoms with Crippen LogP contribution in [0, 0.1) is 13.8 Å². The van der Waals surface area contributed by atoms with Crippen molar-refractivity contribution in [3.8, 4) is 0 Å². The van der Waals surface area contributed by atoms with Gasteiger partial charge in [0.05, 0.1) is 10.6 Å². The van der Waals surface area contributed by atoms with Gasteiger partial charge in [-0.3, -0.25) is 4.79 Å². The number of carbonyl (C=O) groups excluding carboxylic acids is 1. The molecule has 116 valence electrons. The molecule has 5 heteroatoms. The number of amidine groups is 1. The van der Waals surface area contributed by atoms with Crippen molar-refractivity contribution in [2.45, 2.75) is 13.8 Å². The van der Waals surface area contributed by atoms with Crippen LogP contribution in [0.1, 0.15) is 16.7 Å². The zero-order valence-corrected chi connectivity index (χ0v) is 14.3. The average molecular weight is 343 g/mol. The second-order valence-electron chi connectivity index (χ2n) is 5.25. The molecule has 23 heavy (non-hydrogen) atoms. The number of amides is 1. The van der Waals surface area contributed by atoms with E-state index in [1.54, 1.807) is 12.1 Å². The molecule has 3 nitrogen and oxygen atoms in total. The first-order valence-electron chi connectivity index (χ1n) is 7.14. The fraction of sp³-hybridized carbons (Fsp3) is 0.111. The number of halogens is 1. The Morgan fingerprint density at radius 2 is 1.87 bits per heavy atom. The third-order valence-corrected chi connectivity index (χ3v) is 4.78. The number of nitrogens with zero attached hydrogens (tertiary/aromatic N) is 1. The fourth-order valence-electron chi connectivity index (χ4n) is 2.16. The maximum absolute atomic E-state index is 12.1. The van der Waals surface area contributed by atoms with Gasteiger partial charge in [-0.05, 0) is 66.6 Å². The lowest BCUT2D eigenvalue weighted by Crippen LogP contribution is -2.19. The summed E-state index contributed by atoms with van der Waals surface area (Å²) in [5.74, 6) is -0.131. The minimum atomic E-state index is -0.131. The van der Waals surface area contributed by atoms with E-state index < -0.39 is 0 Å². The molecule has 3 rings (SSSR count). The van der Waals surface area contributed by atoms with Gasteiger partial charge in [-0.25, -0.2) is 4.99 Å². The number of nitrogens with one attached hydrogen (secondary N) is 1. The van der Waals surface area contributed by atoms with E-state index in [1.807, 2.05) is 50.3 Å². The van der Waals surface area contributed by atoms with Crippen LogP contribution in [-0.2, 0) is 4.79 Å². The molecule has 1 aliphatic heterocycles. The van der Waals surface area contributed by atoms with Crippen LogP contribution in [0.4, 0.5) is 5.69 Å². The number of hydrogen-bond donors (Lipinski definition) is 1. The first-order chi connectivity index (χ1) is 11.0. The van der Waals surface area contributed by atoms with Crippen molar-refractivity contribution >= 4 is 46.2 Å². The van der Waals surface area contributed by atoms with Crippen LogP contribution in [0.5, 0.6) is 0 Å². The molecule has 0 bridgehead atoms. The maximum atomic E-state index is 12.1. The lowest BCUT2D eigenvalue weighted by atomic mass is 10.1. The Labute approximate surface area is 144 Å². The van der Waals surface area contributed by atoms with E-state index in [0.29, 0.717) is 15.1 Å². The molecule has 1 heterocycles. The van der Waals surface area contributed by atoms with Crippen molar-refractivity contribution in [1.29, 1.82) is 0 Å². The Balaban J connectivity index is 1.86. The van der Waals surface area contributed by atoms with Crippen molar-refractivity contribution < 1.29 is 4.79 Å². The van der Waals surface area contributed by atoms with Gasteiger partial charge < -0.3 is 5.32 Å². The quantitative estimate of drug-likeness (QED) is 0.793. The third kappa shape index (κ3) is 3.66. The Bertz CT molecular complexity index is 825. The largest absolute Gasteiger partial charge is 0.300 e. The molecule has 0 atom stereocenters. The van der Waals surface area contributed by atoms with Gasteiger partial charge in [0.25, 0.3) is 5.91 Å². The highest BCUT2D eigenvalue weighted by molar-refractivity contribution is 8.18. The summed E-state index contributed by atoms with van der Waals surface area (Å²) in [6, 6.07) is 13.3. The van der Waals surface area contributed by atoms with Crippen LogP contribution < -0.4 is 5.32 Å². The van der Waals surface area contributed by atoms with Crippen molar-refractivity contribution in [1.82, 2.24) is 5.32 Å². The molecule has 1 fully saturated rings. The van der Waals surface area contributed by atoms with E-state index >= 15 is 0 Å². The molecule has 0 unspecified atom stereocenters. The monoisotopic (exact) mass is 342 g/mol. The van der Waals surface area contributed by atoms with Gasteiger partial charge in [0.2, 0.25) is 0 Å². The van der Waals surface area contributed by atoms with E-state index in [-0.39, 0.29) is 5.91 Å². The molecule has 1 saturated heterocycles. The first kappa shape index (κ1) is 15.8. The molecule has 1 aliphatic rings. The zero-order chi connectivity index (χ0) is 16.4. The van der Waals surface area contributed by atoms with Crippen LogP contribution in [0.3, 0.4) is 0 Å². The van der Waals surface area contributed by atoms with Crippen molar-refractivity contribution in [2.75, 3.05) is 0 Å². The van der Waals surface area contributed by atoms with E-state index in [0.717, 1.165) is 16.8 Å². The standard InChI is InChI=1S/C18H15ClN2OS/c1-11-4-3-5-15(12(11)2)20-18-21-17(22)16(23-18)10-13-6-8-14(19)9-7-13/h3-10H,1-2H3,(H,20,21,22)/b16-10+. The number of hydrogen-bond acceptors (Lipinski definition) is 3. The van der Waals surface area contributed by atoms with Gasteiger partial charge >= 0.3 is 0 Å². The highest BCUT2D eigenvalue weighted by Crippen LogP contribution is 2.29. The van der Waals surface area contributed by atoms with E-state index in [4.69, 9.17) is 11.6 Å². The third-order valence-electron chi connectivity index (χ3n) is 3.62. The smallest absolute Gasteiger partial charge is 0.264 e. The number of rotatable bonds is 2. The molecule has 0 spiro atoms. The molecule has 1 amide bonds. The molecule has 0 aromatic heterocycles. The fourth-order valence-corrected chi connectivity index (χ4v) is 3.12. The number of carbonyl (C=O) groups is 1. The van der Waals surface area contributed by atoms with Crippen LogP contribution in [0.2, 0.25) is 5.02 Å². The highest BCUT2D eigenvalue weighted by Gasteiger charge is 2.23. The summed E-state index contributed by atoms with van der Waals surface area (Å²) in [6.45, 7) is 4.08. The molecule has 0 radical (unpaired) electrons. The van der Waals surface area contributed by atoms with Crippen molar-refractivity contribution in [3.05, 3.63) is 69.1 Å². The molecular formula is C18H15ClN2OS. The van der Waals surface area contributed by atoms with Crippen LogP contribution in [0.15, 0.2) is 52.4 Å². The van der Waals surface area contributed by atoms with E-state index in [1.165, 1.54) is 17.3 Å². The summed E-state index contributed by atoms with van der Waals surface area (Å²) in [4.78, 5) is 17.3. The number of thioether (sulfide) groups is 1. The predicted molar refractivity (Wildman–Crippen MR) is 98.2 cm³/mol. The van der Waals surface area contributed by atoms with Crippen molar-refractivity contribution in [2.24, 2.45) is 4.99 Å². The second kappa shape index (κ2) is 6.60. The van der Waals surface area contributed by atoms with Gasteiger partial charge in [0.1, 0.15) is 0 Å². The molecule has 1 N–H and O–H groups in total. The molecule has 2 aromatic carbocycles. The Kier molecular flexibility index (Phi) is 4.55. The topological polar surface area (TPSA) is 41.5 Å². The summed E-state index contributed by atoms with van der Waals surface area (Å²) in [7, 11) is 0. The summed E-state index contributed by atoms with van der Waals surface area (Å²) in [5.41, 5.74) is 4.10. The summed E-state index contributed by atoms with van der Waals surface area (Å²) in [5, 5.41) is 4.09. The van der Waals surface area contributed by atoms with Crippen LogP contribution in [0.25, 0.3) is 6.08 Å². The predicted octanol–water partition coefficient (Wildman–Crippen LogP) is 4.85. The Hall–Kier alpha value is -2.04. The average Bonchev–Trinajstić information content (AvgIpc) is 2.86. The summed E-state index contributed by atoms with van der Waals surface area (Å²) < 4.78 is 0. The molecular weight excluding hydrogens is 328 g/mol. The molecule has 0 aliphatic carbocycles. The highest BCUT2D eigenvalue weighted by atomic mass is 35.5. The SMILES string of the molecule is Cc1cccc(N=C2NC(=O)/C(=C\c3ccc(Cl)cc3)S2)c1C. The van der Waals surface area contributed by atoms with Crippen LogP contribution >= 0.6 is 23.4 Å². The van der Waals surface area contributed by atoms with Gasteiger partial charge in [-0.1, -0.05) is 35.9 Å². The number of aliphatic imine (C=N–C) groups is 1. The van der Waals surface area contributed by atoms with Crippen LogP contribution in [-0.4, -0.2) is 11.1 Å². The lowest BCUT2D eigenvalue weighted by molar-refractivity contribution is -0.115. The van der Waals surface area contributed by atoms with Crippen molar-refractivity contribution in [3.63, 3.8) is 0 Å². The van der Waals surface area contributed by atoms with Gasteiger partial charge in [-0.2, -0.15) is 0 Å².